The zero-order valence-corrected chi connectivity index (χ0v) is 16.5. The smallest absolute Gasteiger partial charge is 0.273 e. The molecule has 3 fully saturated rings. The predicted molar refractivity (Wildman–Crippen MR) is 104 cm³/mol. The molecule has 4 aliphatic carbocycles. The van der Waals surface area contributed by atoms with Gasteiger partial charge in [0.2, 0.25) is 17.7 Å². The first-order valence-corrected chi connectivity index (χ1v) is 10.0. The molecule has 9 nitrogen and oxygen atoms in total. The molecule has 156 valence electrons. The maximum absolute atomic E-state index is 13.1. The van der Waals surface area contributed by atoms with E-state index in [-0.39, 0.29) is 52.6 Å². The number of likely N-dealkylation sites (tertiary alicyclic amines) is 1. The van der Waals surface area contributed by atoms with Crippen molar-refractivity contribution in [3.8, 4) is 5.75 Å². The van der Waals surface area contributed by atoms with Crippen molar-refractivity contribution in [3.63, 3.8) is 0 Å². The maximum atomic E-state index is 13.1. The van der Waals surface area contributed by atoms with Gasteiger partial charge in [-0.15, -0.1) is 0 Å². The normalized spacial score (nSPS) is 33.7. The molecule has 1 heterocycles. The van der Waals surface area contributed by atoms with E-state index >= 15 is 0 Å². The van der Waals surface area contributed by atoms with Crippen LogP contribution in [0.2, 0.25) is 0 Å². The molecule has 0 radical (unpaired) electrons. The average molecular weight is 411 g/mol. The number of nitrogens with one attached hydrogen (secondary N) is 1. The van der Waals surface area contributed by atoms with E-state index in [1.807, 2.05) is 0 Å². The van der Waals surface area contributed by atoms with Crippen molar-refractivity contribution < 1.29 is 24.0 Å². The van der Waals surface area contributed by atoms with Crippen molar-refractivity contribution in [2.75, 3.05) is 12.4 Å². The molecule has 0 aromatic heterocycles. The van der Waals surface area contributed by atoms with Crippen LogP contribution >= 0.6 is 0 Å². The van der Waals surface area contributed by atoms with Gasteiger partial charge in [-0.3, -0.25) is 29.4 Å². The fraction of sp³-hybridized carbons (Fsp3) is 0.476. The fourth-order valence-electron chi connectivity index (χ4n) is 5.61. The monoisotopic (exact) mass is 411 g/mol. The molecule has 30 heavy (non-hydrogen) atoms. The number of nitro benzene ring substituents is 1. The second-order valence-corrected chi connectivity index (χ2v) is 8.51. The number of nitrogens with zero attached hydrogens (tertiary/aromatic N) is 2. The van der Waals surface area contributed by atoms with Gasteiger partial charge in [-0.25, -0.2) is 0 Å². The average Bonchev–Trinajstić information content (AvgIpc) is 3.51. The Hall–Kier alpha value is -3.23. The summed E-state index contributed by atoms with van der Waals surface area (Å²) in [7, 11) is 1.34. The Labute approximate surface area is 172 Å². The summed E-state index contributed by atoms with van der Waals surface area (Å²) < 4.78 is 5.14. The van der Waals surface area contributed by atoms with Gasteiger partial charge in [0.1, 0.15) is 11.8 Å². The number of nitro groups is 1. The summed E-state index contributed by atoms with van der Waals surface area (Å²) >= 11 is 0. The number of imide groups is 1. The van der Waals surface area contributed by atoms with Gasteiger partial charge in [0.25, 0.3) is 5.69 Å². The molecule has 2 bridgehead atoms. The fourth-order valence-corrected chi connectivity index (χ4v) is 5.61. The Morgan fingerprint density at radius 2 is 1.80 bits per heavy atom. The maximum Gasteiger partial charge on any atom is 0.273 e. The van der Waals surface area contributed by atoms with Gasteiger partial charge < -0.3 is 10.1 Å². The number of hydrogen-bond donors (Lipinski definition) is 1. The topological polar surface area (TPSA) is 119 Å². The Bertz CT molecular complexity index is 984. The van der Waals surface area contributed by atoms with Gasteiger partial charge in [-0.05, 0) is 43.1 Å². The number of hydrogen-bond acceptors (Lipinski definition) is 6. The summed E-state index contributed by atoms with van der Waals surface area (Å²) in [6.45, 7) is 1.52. The third-order valence-electron chi connectivity index (χ3n) is 7.12. The molecule has 7 unspecified atom stereocenters. The van der Waals surface area contributed by atoms with E-state index in [9.17, 15) is 24.5 Å². The molecule has 5 aliphatic rings. The number of allylic oxidation sites excluding steroid dienone is 2. The van der Waals surface area contributed by atoms with Crippen LogP contribution in [0.1, 0.15) is 13.3 Å². The lowest BCUT2D eigenvalue weighted by Crippen LogP contribution is -2.46. The van der Waals surface area contributed by atoms with Crippen LogP contribution in [0.15, 0.2) is 30.4 Å². The number of ether oxygens (including phenoxy) is 1. The molecule has 1 aromatic rings. The summed E-state index contributed by atoms with van der Waals surface area (Å²) in [5, 5.41) is 13.6. The highest BCUT2D eigenvalue weighted by molar-refractivity contribution is 6.10. The highest BCUT2D eigenvalue weighted by Crippen LogP contribution is 2.65. The summed E-state index contributed by atoms with van der Waals surface area (Å²) in [4.78, 5) is 50.6. The zero-order valence-electron chi connectivity index (χ0n) is 16.5. The first-order chi connectivity index (χ1) is 14.3. The van der Waals surface area contributed by atoms with Crippen molar-refractivity contribution in [2.45, 2.75) is 19.4 Å². The number of amides is 3. The van der Waals surface area contributed by atoms with Crippen LogP contribution in [-0.4, -0.2) is 40.7 Å². The van der Waals surface area contributed by atoms with Crippen LogP contribution in [-0.2, 0) is 14.4 Å². The summed E-state index contributed by atoms with van der Waals surface area (Å²) in [5.74, 6) is -0.513. The quantitative estimate of drug-likeness (QED) is 0.343. The predicted octanol–water partition coefficient (Wildman–Crippen LogP) is 1.98. The highest BCUT2D eigenvalue weighted by Gasteiger charge is 2.67. The van der Waals surface area contributed by atoms with Crippen LogP contribution in [0.3, 0.4) is 0 Å². The van der Waals surface area contributed by atoms with Gasteiger partial charge in [-0.1, -0.05) is 12.2 Å². The number of carbonyl (C=O) groups is 3. The molecule has 0 spiro atoms. The first kappa shape index (κ1) is 18.8. The van der Waals surface area contributed by atoms with Crippen LogP contribution in [0.5, 0.6) is 5.75 Å². The standard InChI is InChI=1S/C21H21N3O6/c1-9(19(25)22-15-6-3-10(24(28)29)7-16(15)30-2)23-20(26)17-11-4-5-12(14-8-13(11)14)18(17)21(23)27/h3-7,9,11-14,17-18H,8H2,1-2H3,(H,22,25). The van der Waals surface area contributed by atoms with E-state index in [1.54, 1.807) is 0 Å². The molecular formula is C21H21N3O6. The minimum absolute atomic E-state index is 0.0940. The van der Waals surface area contributed by atoms with Crippen molar-refractivity contribution in [1.82, 2.24) is 4.90 Å². The van der Waals surface area contributed by atoms with Gasteiger partial charge in [0, 0.05) is 6.07 Å². The highest BCUT2D eigenvalue weighted by atomic mass is 16.6. The number of non-ortho nitro benzene ring substituents is 1. The first-order valence-electron chi connectivity index (χ1n) is 10.0. The molecular weight excluding hydrogens is 390 g/mol. The summed E-state index contributed by atoms with van der Waals surface area (Å²) in [6.07, 6.45) is 5.24. The zero-order chi connectivity index (χ0) is 21.3. The summed E-state index contributed by atoms with van der Waals surface area (Å²) in [5.41, 5.74) is 0.0628. The number of carbonyl (C=O) groups excluding carboxylic acids is 3. The Morgan fingerprint density at radius 1 is 1.20 bits per heavy atom. The largest absolute Gasteiger partial charge is 0.494 e. The Morgan fingerprint density at radius 3 is 2.33 bits per heavy atom. The lowest BCUT2D eigenvalue weighted by Gasteiger charge is -2.37. The van der Waals surface area contributed by atoms with Gasteiger partial charge in [-0.2, -0.15) is 0 Å². The van der Waals surface area contributed by atoms with Gasteiger partial charge >= 0.3 is 0 Å². The van der Waals surface area contributed by atoms with E-state index in [2.05, 4.69) is 17.5 Å². The minimum atomic E-state index is -0.994. The van der Waals surface area contributed by atoms with E-state index < -0.39 is 16.9 Å². The molecule has 9 heteroatoms. The van der Waals surface area contributed by atoms with Crippen LogP contribution < -0.4 is 10.1 Å². The molecule has 3 amide bonds. The molecule has 2 saturated carbocycles. The van der Waals surface area contributed by atoms with E-state index in [0.29, 0.717) is 11.8 Å². The molecule has 1 N–H and O–H groups in total. The Balaban J connectivity index is 1.36. The third kappa shape index (κ3) is 2.50. The van der Waals surface area contributed by atoms with Crippen molar-refractivity contribution in [2.24, 2.45) is 35.5 Å². The van der Waals surface area contributed by atoms with Crippen molar-refractivity contribution in [1.29, 1.82) is 0 Å². The van der Waals surface area contributed by atoms with Gasteiger partial charge in [0.05, 0.1) is 35.6 Å². The number of rotatable bonds is 5. The number of anilines is 1. The third-order valence-corrected chi connectivity index (χ3v) is 7.12. The second-order valence-electron chi connectivity index (χ2n) is 8.51. The molecule has 6 rings (SSSR count). The summed E-state index contributed by atoms with van der Waals surface area (Å²) in [6, 6.07) is 2.83. The number of methoxy groups -OCH3 is 1. The minimum Gasteiger partial charge on any atom is -0.494 e. The molecule has 7 atom stereocenters. The van der Waals surface area contributed by atoms with Gasteiger partial charge in [0.15, 0.2) is 0 Å². The molecule has 1 aliphatic heterocycles. The van der Waals surface area contributed by atoms with Crippen LogP contribution in [0, 0.1) is 45.6 Å². The lowest BCUT2D eigenvalue weighted by atomic mass is 9.63. The molecule has 1 aromatic carbocycles. The lowest BCUT2D eigenvalue weighted by molar-refractivity contribution is -0.384. The van der Waals surface area contributed by atoms with E-state index in [1.165, 1.54) is 32.2 Å². The van der Waals surface area contributed by atoms with E-state index in [4.69, 9.17) is 4.74 Å². The van der Waals surface area contributed by atoms with E-state index in [0.717, 1.165) is 11.3 Å². The SMILES string of the molecule is COc1cc([N+](=O)[O-])ccc1NC(=O)C(C)N1C(=O)C2C3C=CC(C4CC34)C2C1=O. The van der Waals surface area contributed by atoms with Crippen molar-refractivity contribution >= 4 is 29.1 Å². The van der Waals surface area contributed by atoms with Crippen LogP contribution in [0.4, 0.5) is 11.4 Å². The van der Waals surface area contributed by atoms with Crippen molar-refractivity contribution in [3.05, 3.63) is 40.5 Å². The molecule has 1 saturated heterocycles. The number of benzene rings is 1. The Kier molecular flexibility index (Phi) is 4.00. The van der Waals surface area contributed by atoms with Crippen LogP contribution in [0.25, 0.3) is 0 Å². The second kappa shape index (κ2) is 6.38.